The smallest absolute Gasteiger partial charge is 0.0398 e. The largest absolute Gasteiger partial charge is 0.308 e. The van der Waals surface area contributed by atoms with E-state index in [1.807, 2.05) is 0 Å². The second-order valence-corrected chi connectivity index (χ2v) is 6.84. The van der Waals surface area contributed by atoms with Crippen LogP contribution in [0.5, 0.6) is 0 Å². The van der Waals surface area contributed by atoms with Crippen molar-refractivity contribution in [1.82, 2.24) is 10.2 Å². The number of nitrogens with zero attached hydrogens (tertiary/aromatic N) is 1. The van der Waals surface area contributed by atoms with Crippen molar-refractivity contribution in [2.24, 2.45) is 5.92 Å². The number of hydrogen-bond acceptors (Lipinski definition) is 3. The summed E-state index contributed by atoms with van der Waals surface area (Å²) < 4.78 is 1.22. The fourth-order valence-electron chi connectivity index (χ4n) is 2.02. The molecule has 98 valence electrons. The molecule has 2 nitrogen and oxygen atoms in total. The highest BCUT2D eigenvalue weighted by atomic mass is 79.9. The number of thiophene rings is 1. The fourth-order valence-corrected chi connectivity index (χ4v) is 3.77. The lowest BCUT2D eigenvalue weighted by Gasteiger charge is -2.29. The third kappa shape index (κ3) is 4.36. The number of nitrogens with one attached hydrogen (secondary N) is 1. The Balaban J connectivity index is 2.52. The number of hydrogen-bond donors (Lipinski definition) is 1. The minimum absolute atomic E-state index is 0.408. The lowest BCUT2D eigenvalue weighted by atomic mass is 10.0. The van der Waals surface area contributed by atoms with Crippen molar-refractivity contribution in [3.8, 4) is 0 Å². The molecule has 0 aliphatic heterocycles. The molecule has 0 amide bonds. The van der Waals surface area contributed by atoms with Gasteiger partial charge in [-0.15, -0.1) is 11.3 Å². The molecule has 0 aliphatic rings. The molecule has 0 radical (unpaired) electrons. The highest BCUT2D eigenvalue weighted by Crippen LogP contribution is 2.28. The molecular formula is C13H23BrN2S. The highest BCUT2D eigenvalue weighted by molar-refractivity contribution is 9.10. The van der Waals surface area contributed by atoms with Gasteiger partial charge in [0.15, 0.2) is 0 Å². The SMILES string of the molecule is CC(NCC(C(C)C)N(C)C)c1sccc1Br. The molecule has 0 saturated carbocycles. The second-order valence-electron chi connectivity index (χ2n) is 5.04. The maximum absolute atomic E-state index is 3.63. The van der Waals surface area contributed by atoms with Crippen molar-refractivity contribution in [1.29, 1.82) is 0 Å². The highest BCUT2D eigenvalue weighted by Gasteiger charge is 2.17. The molecule has 0 saturated heterocycles. The van der Waals surface area contributed by atoms with Gasteiger partial charge in [-0.25, -0.2) is 0 Å². The first kappa shape index (κ1) is 15.2. The van der Waals surface area contributed by atoms with E-state index < -0.39 is 0 Å². The Bertz CT molecular complexity index is 328. The van der Waals surface area contributed by atoms with Crippen molar-refractivity contribution in [2.45, 2.75) is 32.9 Å². The van der Waals surface area contributed by atoms with E-state index in [0.717, 1.165) is 6.54 Å². The maximum atomic E-state index is 3.63. The summed E-state index contributed by atoms with van der Waals surface area (Å²) in [5.74, 6) is 0.663. The summed E-state index contributed by atoms with van der Waals surface area (Å²) in [4.78, 5) is 3.68. The van der Waals surface area contributed by atoms with Gasteiger partial charge < -0.3 is 10.2 Å². The molecular weight excluding hydrogens is 296 g/mol. The molecule has 0 bridgehead atoms. The van der Waals surface area contributed by atoms with Gasteiger partial charge in [-0.05, 0) is 54.3 Å². The van der Waals surface area contributed by atoms with Crippen LogP contribution in [0.3, 0.4) is 0 Å². The maximum Gasteiger partial charge on any atom is 0.0398 e. The quantitative estimate of drug-likeness (QED) is 0.859. The Morgan fingerprint density at radius 1 is 1.35 bits per heavy atom. The van der Waals surface area contributed by atoms with Gasteiger partial charge in [0.2, 0.25) is 0 Å². The third-order valence-electron chi connectivity index (χ3n) is 3.10. The first-order chi connectivity index (χ1) is 7.93. The lowest BCUT2D eigenvalue weighted by Crippen LogP contribution is -2.42. The summed E-state index contributed by atoms with van der Waals surface area (Å²) in [7, 11) is 4.30. The van der Waals surface area contributed by atoms with E-state index in [2.05, 4.69) is 72.5 Å². The zero-order valence-electron chi connectivity index (χ0n) is 11.3. The zero-order valence-corrected chi connectivity index (χ0v) is 13.7. The molecule has 1 aromatic rings. The summed E-state index contributed by atoms with van der Waals surface area (Å²) in [6.07, 6.45) is 0. The van der Waals surface area contributed by atoms with Gasteiger partial charge in [-0.1, -0.05) is 13.8 Å². The van der Waals surface area contributed by atoms with E-state index in [0.29, 0.717) is 18.0 Å². The average molecular weight is 319 g/mol. The molecule has 2 unspecified atom stereocenters. The van der Waals surface area contributed by atoms with Gasteiger partial charge >= 0.3 is 0 Å². The van der Waals surface area contributed by atoms with E-state index in [1.165, 1.54) is 9.35 Å². The molecule has 0 fully saturated rings. The lowest BCUT2D eigenvalue weighted by molar-refractivity contribution is 0.220. The van der Waals surface area contributed by atoms with E-state index >= 15 is 0 Å². The van der Waals surface area contributed by atoms with Crippen molar-refractivity contribution < 1.29 is 0 Å². The Kier molecular flexibility index (Phi) is 6.13. The molecule has 4 heteroatoms. The molecule has 2 atom stereocenters. The van der Waals surface area contributed by atoms with Crippen LogP contribution in [0, 0.1) is 5.92 Å². The van der Waals surface area contributed by atoms with Gasteiger partial charge in [0.1, 0.15) is 0 Å². The minimum Gasteiger partial charge on any atom is -0.308 e. The minimum atomic E-state index is 0.408. The van der Waals surface area contributed by atoms with Gasteiger partial charge in [-0.3, -0.25) is 0 Å². The van der Waals surface area contributed by atoms with E-state index in [9.17, 15) is 0 Å². The van der Waals surface area contributed by atoms with Crippen LogP contribution in [0.4, 0.5) is 0 Å². The number of halogens is 1. The third-order valence-corrected chi connectivity index (χ3v) is 5.16. The van der Waals surface area contributed by atoms with Gasteiger partial charge in [0, 0.05) is 28.0 Å². The molecule has 1 rings (SSSR count). The monoisotopic (exact) mass is 318 g/mol. The van der Waals surface area contributed by atoms with Gasteiger partial charge in [0.25, 0.3) is 0 Å². The standard InChI is InChI=1S/C13H23BrN2S/c1-9(2)12(16(4)5)8-15-10(3)13-11(14)6-7-17-13/h6-7,9-10,12,15H,8H2,1-5H3. The number of likely N-dealkylation sites (N-methyl/N-ethyl adjacent to an activating group) is 1. The summed E-state index contributed by atoms with van der Waals surface area (Å²) in [5, 5.41) is 5.76. The number of rotatable bonds is 6. The van der Waals surface area contributed by atoms with E-state index in [4.69, 9.17) is 0 Å². The van der Waals surface area contributed by atoms with Crippen molar-refractivity contribution in [2.75, 3.05) is 20.6 Å². The predicted molar refractivity (Wildman–Crippen MR) is 80.7 cm³/mol. The molecule has 1 heterocycles. The van der Waals surface area contributed by atoms with Crippen molar-refractivity contribution >= 4 is 27.3 Å². The topological polar surface area (TPSA) is 15.3 Å². The molecule has 0 aliphatic carbocycles. The van der Waals surface area contributed by atoms with E-state index in [1.54, 1.807) is 11.3 Å². The first-order valence-electron chi connectivity index (χ1n) is 6.06. The summed E-state index contributed by atoms with van der Waals surface area (Å²) >= 11 is 5.39. The Labute approximate surface area is 118 Å². The van der Waals surface area contributed by atoms with Crippen LogP contribution in [-0.4, -0.2) is 31.6 Å². The predicted octanol–water partition coefficient (Wildman–Crippen LogP) is 3.75. The Hall–Kier alpha value is 0.100. The van der Waals surface area contributed by atoms with Crippen molar-refractivity contribution in [3.05, 3.63) is 20.8 Å². The van der Waals surface area contributed by atoms with Gasteiger partial charge in [0.05, 0.1) is 0 Å². The van der Waals surface area contributed by atoms with Crippen LogP contribution >= 0.6 is 27.3 Å². The first-order valence-corrected chi connectivity index (χ1v) is 7.73. The summed E-state index contributed by atoms with van der Waals surface area (Å²) in [6.45, 7) is 7.80. The molecule has 17 heavy (non-hydrogen) atoms. The van der Waals surface area contributed by atoms with Gasteiger partial charge in [-0.2, -0.15) is 0 Å². The summed E-state index contributed by atoms with van der Waals surface area (Å²) in [5.41, 5.74) is 0. The van der Waals surface area contributed by atoms with E-state index in [-0.39, 0.29) is 0 Å². The van der Waals surface area contributed by atoms with Crippen LogP contribution in [-0.2, 0) is 0 Å². The normalized spacial score (nSPS) is 15.5. The Morgan fingerprint density at radius 3 is 2.41 bits per heavy atom. The van der Waals surface area contributed by atoms with Crippen molar-refractivity contribution in [3.63, 3.8) is 0 Å². The molecule has 1 N–H and O–H groups in total. The molecule has 1 aromatic heterocycles. The van der Waals surface area contributed by atoms with Crippen LogP contribution < -0.4 is 5.32 Å². The van der Waals surface area contributed by atoms with Crippen LogP contribution in [0.25, 0.3) is 0 Å². The zero-order chi connectivity index (χ0) is 13.0. The van der Waals surface area contributed by atoms with Crippen LogP contribution in [0.2, 0.25) is 0 Å². The fraction of sp³-hybridized carbons (Fsp3) is 0.692. The average Bonchev–Trinajstić information content (AvgIpc) is 2.63. The Morgan fingerprint density at radius 2 is 2.00 bits per heavy atom. The molecule has 0 aromatic carbocycles. The second kappa shape index (κ2) is 6.88. The summed E-state index contributed by atoms with van der Waals surface area (Å²) in [6, 6.07) is 3.10. The van der Waals surface area contributed by atoms with Crippen LogP contribution in [0.15, 0.2) is 15.9 Å². The van der Waals surface area contributed by atoms with Crippen LogP contribution in [0.1, 0.15) is 31.7 Å². The molecule has 0 spiro atoms.